The van der Waals surface area contributed by atoms with Gasteiger partial charge in [0, 0.05) is 11.3 Å². The van der Waals surface area contributed by atoms with E-state index in [9.17, 15) is 4.79 Å². The lowest BCUT2D eigenvalue weighted by molar-refractivity contribution is -0.118. The molecule has 2 aromatic carbocycles. The number of amidine groups is 1. The summed E-state index contributed by atoms with van der Waals surface area (Å²) in [5.74, 6) is 2.72. The molecule has 142 valence electrons. The fourth-order valence-corrected chi connectivity index (χ4v) is 3.78. The standard InChI is InChI=1S/C19H16N4O4S/c24-18-8-25-15-4-2-12(6-13(15)21-18)14-9-28-19(23-22-14)20-7-11-1-3-16-17(5-11)27-10-26-16/h1-6H,7-10H2,(H,20,23)(H,21,24). The second-order valence-corrected chi connectivity index (χ2v) is 7.28. The molecule has 28 heavy (non-hydrogen) atoms. The molecule has 3 aliphatic heterocycles. The van der Waals surface area contributed by atoms with Crippen LogP contribution in [0.5, 0.6) is 17.2 Å². The fraction of sp³-hybridized carbons (Fsp3) is 0.211. The number of anilines is 1. The summed E-state index contributed by atoms with van der Waals surface area (Å²) in [6.45, 7) is 0.841. The Bertz CT molecular complexity index is 1020. The summed E-state index contributed by atoms with van der Waals surface area (Å²) >= 11 is 1.58. The zero-order valence-electron chi connectivity index (χ0n) is 14.7. The summed E-state index contributed by atoms with van der Waals surface area (Å²) in [7, 11) is 0. The molecule has 0 saturated carbocycles. The molecule has 9 heteroatoms. The Hall–Kier alpha value is -3.20. The van der Waals surface area contributed by atoms with Crippen LogP contribution in [0.2, 0.25) is 0 Å². The van der Waals surface area contributed by atoms with Gasteiger partial charge in [-0.15, -0.1) is 0 Å². The molecule has 3 aliphatic rings. The Balaban J connectivity index is 1.27. The predicted octanol–water partition coefficient (Wildman–Crippen LogP) is 2.34. The van der Waals surface area contributed by atoms with Gasteiger partial charge in [0.1, 0.15) is 5.75 Å². The minimum Gasteiger partial charge on any atom is -0.482 e. The molecular weight excluding hydrogens is 380 g/mol. The number of ether oxygens (including phenoxy) is 3. The molecule has 0 unspecified atom stereocenters. The van der Waals surface area contributed by atoms with Crippen molar-refractivity contribution in [3.05, 3.63) is 47.5 Å². The van der Waals surface area contributed by atoms with Crippen molar-refractivity contribution in [3.63, 3.8) is 0 Å². The Kier molecular flexibility index (Phi) is 4.28. The van der Waals surface area contributed by atoms with Crippen molar-refractivity contribution in [3.8, 4) is 17.2 Å². The molecule has 0 fully saturated rings. The van der Waals surface area contributed by atoms with Crippen LogP contribution in [0.4, 0.5) is 5.69 Å². The third-order valence-electron chi connectivity index (χ3n) is 4.42. The van der Waals surface area contributed by atoms with E-state index in [1.807, 2.05) is 36.4 Å². The average Bonchev–Trinajstić information content (AvgIpc) is 3.20. The van der Waals surface area contributed by atoms with Gasteiger partial charge in [-0.1, -0.05) is 17.8 Å². The number of benzene rings is 2. The summed E-state index contributed by atoms with van der Waals surface area (Å²) in [4.78, 5) is 16.1. The number of amides is 1. The predicted molar refractivity (Wildman–Crippen MR) is 106 cm³/mol. The van der Waals surface area contributed by atoms with Gasteiger partial charge < -0.3 is 19.5 Å². The Morgan fingerprint density at radius 2 is 1.96 bits per heavy atom. The normalized spacial score (nSPS) is 18.6. The van der Waals surface area contributed by atoms with Crippen LogP contribution in [0.1, 0.15) is 11.1 Å². The van der Waals surface area contributed by atoms with E-state index < -0.39 is 0 Å². The number of thioether (sulfide) groups is 1. The molecule has 0 aromatic heterocycles. The molecule has 0 saturated heterocycles. The van der Waals surface area contributed by atoms with Crippen LogP contribution in [0, 0.1) is 0 Å². The summed E-state index contributed by atoms with van der Waals surface area (Å²) in [6, 6.07) is 11.5. The molecule has 0 atom stereocenters. The van der Waals surface area contributed by atoms with Gasteiger partial charge in [0.15, 0.2) is 23.3 Å². The van der Waals surface area contributed by atoms with Crippen molar-refractivity contribution in [1.29, 1.82) is 0 Å². The first-order chi connectivity index (χ1) is 13.7. The Morgan fingerprint density at radius 1 is 1.07 bits per heavy atom. The number of fused-ring (bicyclic) bond motifs is 2. The number of carbonyl (C=O) groups excluding carboxylic acids is 1. The fourth-order valence-electron chi connectivity index (χ4n) is 3.01. The highest BCUT2D eigenvalue weighted by Gasteiger charge is 2.19. The maximum Gasteiger partial charge on any atom is 0.262 e. The number of nitrogens with zero attached hydrogens (tertiary/aromatic N) is 2. The van der Waals surface area contributed by atoms with Crippen LogP contribution >= 0.6 is 11.8 Å². The van der Waals surface area contributed by atoms with Crippen LogP contribution in [0.25, 0.3) is 0 Å². The van der Waals surface area contributed by atoms with Crippen molar-refractivity contribution < 1.29 is 19.0 Å². The van der Waals surface area contributed by atoms with Gasteiger partial charge >= 0.3 is 0 Å². The number of rotatable bonds is 3. The van der Waals surface area contributed by atoms with Crippen LogP contribution in [0.15, 0.2) is 46.5 Å². The van der Waals surface area contributed by atoms with Gasteiger partial charge in [0.05, 0.1) is 17.9 Å². The van der Waals surface area contributed by atoms with E-state index >= 15 is 0 Å². The maximum absolute atomic E-state index is 11.5. The molecule has 0 aliphatic carbocycles. The SMILES string of the molecule is O=C1COc2ccc(C3=NNC(=NCc4ccc5c(c4)OCO5)SC3)cc2N1. The van der Waals surface area contributed by atoms with Crippen LogP contribution < -0.4 is 25.0 Å². The summed E-state index contributed by atoms with van der Waals surface area (Å²) in [5, 5.41) is 8.01. The van der Waals surface area contributed by atoms with Crippen molar-refractivity contribution >= 4 is 34.2 Å². The van der Waals surface area contributed by atoms with Gasteiger partial charge in [-0.05, 0) is 35.9 Å². The number of hydrogen-bond donors (Lipinski definition) is 2. The summed E-state index contributed by atoms with van der Waals surface area (Å²) in [6.07, 6.45) is 0. The molecule has 2 aromatic rings. The van der Waals surface area contributed by atoms with Gasteiger partial charge in [-0.25, -0.2) is 0 Å². The molecular formula is C19H16N4O4S. The second-order valence-electron chi connectivity index (χ2n) is 6.32. The zero-order valence-corrected chi connectivity index (χ0v) is 15.5. The van der Waals surface area contributed by atoms with Crippen LogP contribution in [-0.2, 0) is 11.3 Å². The molecule has 5 rings (SSSR count). The highest BCUT2D eigenvalue weighted by molar-refractivity contribution is 8.14. The van der Waals surface area contributed by atoms with E-state index in [-0.39, 0.29) is 19.3 Å². The molecule has 3 heterocycles. The highest BCUT2D eigenvalue weighted by Crippen LogP contribution is 2.33. The second kappa shape index (κ2) is 7.08. The molecule has 0 spiro atoms. The van der Waals surface area contributed by atoms with Crippen molar-refractivity contribution in [2.75, 3.05) is 24.5 Å². The highest BCUT2D eigenvalue weighted by atomic mass is 32.2. The first kappa shape index (κ1) is 16.9. The minimum atomic E-state index is -0.152. The monoisotopic (exact) mass is 396 g/mol. The van der Waals surface area contributed by atoms with E-state index in [1.165, 1.54) is 0 Å². The third-order valence-corrected chi connectivity index (χ3v) is 5.33. The Morgan fingerprint density at radius 3 is 2.86 bits per heavy atom. The van der Waals surface area contributed by atoms with Gasteiger partial charge in [0.25, 0.3) is 5.91 Å². The average molecular weight is 396 g/mol. The number of hydrogen-bond acceptors (Lipinski definition) is 7. The van der Waals surface area contributed by atoms with E-state index in [0.717, 1.165) is 33.5 Å². The number of hydrazone groups is 1. The first-order valence-corrected chi connectivity index (χ1v) is 9.68. The van der Waals surface area contributed by atoms with Crippen molar-refractivity contribution in [1.82, 2.24) is 5.43 Å². The smallest absolute Gasteiger partial charge is 0.262 e. The van der Waals surface area contributed by atoms with Gasteiger partial charge in [-0.2, -0.15) is 5.10 Å². The van der Waals surface area contributed by atoms with Crippen molar-refractivity contribution in [2.45, 2.75) is 6.54 Å². The number of aliphatic imine (C=N–C) groups is 1. The van der Waals surface area contributed by atoms with E-state index in [2.05, 4.69) is 20.8 Å². The molecule has 2 N–H and O–H groups in total. The van der Waals surface area contributed by atoms with E-state index in [4.69, 9.17) is 14.2 Å². The summed E-state index contributed by atoms with van der Waals surface area (Å²) < 4.78 is 16.1. The largest absolute Gasteiger partial charge is 0.482 e. The molecule has 0 bridgehead atoms. The van der Waals surface area contributed by atoms with Crippen LogP contribution in [0.3, 0.4) is 0 Å². The quantitative estimate of drug-likeness (QED) is 0.827. The minimum absolute atomic E-state index is 0.0495. The lowest BCUT2D eigenvalue weighted by Gasteiger charge is -2.20. The maximum atomic E-state index is 11.5. The van der Waals surface area contributed by atoms with Crippen molar-refractivity contribution in [2.24, 2.45) is 10.1 Å². The van der Waals surface area contributed by atoms with Crippen LogP contribution in [-0.4, -0.2) is 35.9 Å². The topological polar surface area (TPSA) is 93.5 Å². The molecule has 8 nitrogen and oxygen atoms in total. The zero-order chi connectivity index (χ0) is 18.9. The first-order valence-electron chi connectivity index (χ1n) is 8.70. The van der Waals surface area contributed by atoms with E-state index in [1.54, 1.807) is 11.8 Å². The summed E-state index contributed by atoms with van der Waals surface area (Å²) in [5.41, 5.74) is 6.53. The lowest BCUT2D eigenvalue weighted by Crippen LogP contribution is -2.27. The van der Waals surface area contributed by atoms with Gasteiger partial charge in [-0.3, -0.25) is 15.2 Å². The molecule has 0 radical (unpaired) electrons. The van der Waals surface area contributed by atoms with Gasteiger partial charge in [0.2, 0.25) is 6.79 Å². The third kappa shape index (κ3) is 3.36. The van der Waals surface area contributed by atoms with E-state index in [0.29, 0.717) is 23.7 Å². The lowest BCUT2D eigenvalue weighted by atomic mass is 10.1. The Labute approximate surface area is 165 Å². The molecule has 1 amide bonds. The number of nitrogens with one attached hydrogen (secondary N) is 2. The number of carbonyl (C=O) groups is 1.